The van der Waals surface area contributed by atoms with E-state index < -0.39 is 0 Å². The lowest BCUT2D eigenvalue weighted by atomic mass is 10.2. The molecule has 1 amide bonds. The second-order valence-corrected chi connectivity index (χ2v) is 6.82. The molecule has 9 nitrogen and oxygen atoms in total. The molecule has 0 unspecified atom stereocenters. The van der Waals surface area contributed by atoms with Gasteiger partial charge in [-0.3, -0.25) is 4.79 Å². The van der Waals surface area contributed by atoms with E-state index in [0.717, 1.165) is 36.6 Å². The lowest BCUT2D eigenvalue weighted by Gasteiger charge is -2.22. The van der Waals surface area contributed by atoms with Gasteiger partial charge in [0, 0.05) is 50.6 Å². The highest BCUT2D eigenvalue weighted by Gasteiger charge is 2.27. The number of anilines is 2. The molecule has 2 aromatic rings. The van der Waals surface area contributed by atoms with Crippen LogP contribution < -0.4 is 15.0 Å². The van der Waals surface area contributed by atoms with Gasteiger partial charge in [0.1, 0.15) is 11.6 Å². The summed E-state index contributed by atoms with van der Waals surface area (Å²) in [7, 11) is 4.96. The molecule has 1 aliphatic heterocycles. The standard InChI is InChI=1S/C18H25N7O2/c1-11-12(2)19-16(18(26)24(3)4)21-17(11)25-9-8-13(10-25)20-14-6-7-15(27-5)23-22-14/h6-7,13H,8-10H2,1-5H3,(H,20,22)/t13-/m1/s1. The van der Waals surface area contributed by atoms with Crippen molar-refractivity contribution in [3.05, 3.63) is 29.2 Å². The average molecular weight is 371 g/mol. The molecular formula is C18H25N7O2. The normalized spacial score (nSPS) is 16.3. The number of hydrogen-bond donors (Lipinski definition) is 1. The zero-order valence-corrected chi connectivity index (χ0v) is 16.4. The molecule has 3 heterocycles. The summed E-state index contributed by atoms with van der Waals surface area (Å²) in [6.07, 6.45) is 0.938. The lowest BCUT2D eigenvalue weighted by Crippen LogP contribution is -2.30. The molecule has 0 aliphatic carbocycles. The Labute approximate surface area is 158 Å². The van der Waals surface area contributed by atoms with Crippen molar-refractivity contribution in [1.82, 2.24) is 25.1 Å². The van der Waals surface area contributed by atoms with Gasteiger partial charge in [0.25, 0.3) is 5.91 Å². The molecule has 1 N–H and O–H groups in total. The minimum Gasteiger partial charge on any atom is -0.480 e. The van der Waals surface area contributed by atoms with Gasteiger partial charge in [-0.25, -0.2) is 9.97 Å². The topological polar surface area (TPSA) is 96.4 Å². The molecule has 1 atom stereocenters. The molecule has 0 saturated carbocycles. The molecule has 27 heavy (non-hydrogen) atoms. The van der Waals surface area contributed by atoms with Crippen LogP contribution in [0.1, 0.15) is 28.3 Å². The van der Waals surface area contributed by atoms with Gasteiger partial charge in [0.05, 0.1) is 7.11 Å². The molecule has 1 aliphatic rings. The Hall–Kier alpha value is -2.97. The van der Waals surface area contributed by atoms with E-state index >= 15 is 0 Å². The summed E-state index contributed by atoms with van der Waals surface area (Å²) in [5, 5.41) is 11.5. The van der Waals surface area contributed by atoms with Crippen molar-refractivity contribution < 1.29 is 9.53 Å². The summed E-state index contributed by atoms with van der Waals surface area (Å²) in [4.78, 5) is 24.9. The molecule has 3 rings (SSSR count). The first-order valence-corrected chi connectivity index (χ1v) is 8.85. The highest BCUT2D eigenvalue weighted by atomic mass is 16.5. The van der Waals surface area contributed by atoms with Crippen LogP contribution in [0, 0.1) is 13.8 Å². The maximum absolute atomic E-state index is 12.3. The van der Waals surface area contributed by atoms with Crippen molar-refractivity contribution in [3.8, 4) is 5.88 Å². The van der Waals surface area contributed by atoms with Crippen LogP contribution >= 0.6 is 0 Å². The van der Waals surface area contributed by atoms with E-state index in [0.29, 0.717) is 11.7 Å². The van der Waals surface area contributed by atoms with E-state index in [-0.39, 0.29) is 17.8 Å². The zero-order valence-electron chi connectivity index (χ0n) is 16.4. The van der Waals surface area contributed by atoms with Crippen molar-refractivity contribution in [3.63, 3.8) is 0 Å². The second-order valence-electron chi connectivity index (χ2n) is 6.82. The predicted octanol–water partition coefficient (Wildman–Crippen LogP) is 1.28. The van der Waals surface area contributed by atoms with E-state index in [9.17, 15) is 4.79 Å². The third-order valence-corrected chi connectivity index (χ3v) is 4.65. The highest BCUT2D eigenvalue weighted by Crippen LogP contribution is 2.25. The van der Waals surface area contributed by atoms with Gasteiger partial charge in [0.15, 0.2) is 0 Å². The van der Waals surface area contributed by atoms with Crippen molar-refractivity contribution in [2.45, 2.75) is 26.3 Å². The number of amides is 1. The Bertz CT molecular complexity index is 823. The number of hydrogen-bond acceptors (Lipinski definition) is 8. The number of aryl methyl sites for hydroxylation is 1. The monoisotopic (exact) mass is 371 g/mol. The van der Waals surface area contributed by atoms with Crippen LogP contribution in [0.15, 0.2) is 12.1 Å². The van der Waals surface area contributed by atoms with Crippen LogP contribution in [-0.4, -0.2) is 71.3 Å². The van der Waals surface area contributed by atoms with Crippen LogP contribution in [0.4, 0.5) is 11.6 Å². The van der Waals surface area contributed by atoms with Crippen LogP contribution in [0.5, 0.6) is 5.88 Å². The van der Waals surface area contributed by atoms with E-state index in [1.807, 2.05) is 19.9 Å². The van der Waals surface area contributed by atoms with Gasteiger partial charge in [-0.1, -0.05) is 0 Å². The minimum atomic E-state index is -0.193. The molecule has 1 saturated heterocycles. The number of rotatable bonds is 5. The Morgan fingerprint density at radius 2 is 2.04 bits per heavy atom. The summed E-state index contributed by atoms with van der Waals surface area (Å²) in [6.45, 7) is 5.50. The maximum Gasteiger partial charge on any atom is 0.291 e. The smallest absolute Gasteiger partial charge is 0.291 e. The van der Waals surface area contributed by atoms with Crippen LogP contribution in [0.25, 0.3) is 0 Å². The predicted molar refractivity (Wildman–Crippen MR) is 102 cm³/mol. The first-order chi connectivity index (χ1) is 12.9. The van der Waals surface area contributed by atoms with Crippen molar-refractivity contribution in [2.75, 3.05) is 44.5 Å². The van der Waals surface area contributed by atoms with Gasteiger partial charge in [-0.15, -0.1) is 10.2 Å². The Balaban J connectivity index is 1.74. The highest BCUT2D eigenvalue weighted by molar-refractivity contribution is 5.90. The fraction of sp³-hybridized carbons (Fsp3) is 0.500. The van der Waals surface area contributed by atoms with Crippen molar-refractivity contribution in [1.29, 1.82) is 0 Å². The summed E-state index contributed by atoms with van der Waals surface area (Å²) < 4.78 is 5.03. The first-order valence-electron chi connectivity index (χ1n) is 8.85. The Morgan fingerprint density at radius 3 is 2.67 bits per heavy atom. The van der Waals surface area contributed by atoms with Crippen molar-refractivity contribution in [2.24, 2.45) is 0 Å². The second kappa shape index (κ2) is 7.73. The van der Waals surface area contributed by atoms with Crippen LogP contribution in [-0.2, 0) is 0 Å². The number of nitrogens with zero attached hydrogens (tertiary/aromatic N) is 6. The Kier molecular flexibility index (Phi) is 5.38. The molecule has 0 aromatic carbocycles. The van der Waals surface area contributed by atoms with Gasteiger partial charge < -0.3 is 19.9 Å². The van der Waals surface area contributed by atoms with E-state index in [1.165, 1.54) is 4.90 Å². The number of nitrogens with one attached hydrogen (secondary N) is 1. The summed E-state index contributed by atoms with van der Waals surface area (Å²) in [5.41, 5.74) is 1.82. The van der Waals surface area contributed by atoms with Crippen LogP contribution in [0.2, 0.25) is 0 Å². The molecule has 9 heteroatoms. The average Bonchev–Trinajstić information content (AvgIpc) is 3.12. The number of aromatic nitrogens is 4. The third-order valence-electron chi connectivity index (χ3n) is 4.65. The quantitative estimate of drug-likeness (QED) is 0.840. The fourth-order valence-corrected chi connectivity index (χ4v) is 3.00. The zero-order chi connectivity index (χ0) is 19.6. The summed E-state index contributed by atoms with van der Waals surface area (Å²) >= 11 is 0. The van der Waals surface area contributed by atoms with Gasteiger partial charge >= 0.3 is 0 Å². The third kappa shape index (κ3) is 4.07. The minimum absolute atomic E-state index is 0.193. The SMILES string of the molecule is COc1ccc(N[C@@H]2CCN(c3nc(C(=O)N(C)C)nc(C)c3C)C2)nn1. The number of carbonyl (C=O) groups excluding carboxylic acids is 1. The van der Waals surface area contributed by atoms with Crippen molar-refractivity contribution >= 4 is 17.5 Å². The van der Waals surface area contributed by atoms with Crippen LogP contribution in [0.3, 0.4) is 0 Å². The first kappa shape index (κ1) is 18.8. The number of ether oxygens (including phenoxy) is 1. The van der Waals surface area contributed by atoms with Gasteiger partial charge in [-0.2, -0.15) is 0 Å². The van der Waals surface area contributed by atoms with Gasteiger partial charge in [-0.05, 0) is 26.3 Å². The van der Waals surface area contributed by atoms with E-state index in [4.69, 9.17) is 4.74 Å². The maximum atomic E-state index is 12.3. The fourth-order valence-electron chi connectivity index (χ4n) is 3.00. The molecular weight excluding hydrogens is 346 g/mol. The number of methoxy groups -OCH3 is 1. The molecule has 0 bridgehead atoms. The number of carbonyl (C=O) groups is 1. The van der Waals surface area contributed by atoms with E-state index in [2.05, 4.69) is 30.4 Å². The largest absolute Gasteiger partial charge is 0.480 e. The summed E-state index contributed by atoms with van der Waals surface area (Å²) in [5.74, 6) is 2.05. The molecule has 0 radical (unpaired) electrons. The summed E-state index contributed by atoms with van der Waals surface area (Å²) in [6, 6.07) is 3.84. The molecule has 1 fully saturated rings. The molecule has 0 spiro atoms. The molecule has 144 valence electrons. The lowest BCUT2D eigenvalue weighted by molar-refractivity contribution is 0.0815. The van der Waals surface area contributed by atoms with Gasteiger partial charge in [0.2, 0.25) is 11.7 Å². The van der Waals surface area contributed by atoms with E-state index in [1.54, 1.807) is 27.3 Å². The Morgan fingerprint density at radius 1 is 1.26 bits per heavy atom. The molecule has 2 aromatic heterocycles.